The Bertz CT molecular complexity index is 724. The molecule has 0 spiro atoms. The van der Waals surface area contributed by atoms with Crippen molar-refractivity contribution < 1.29 is 14.3 Å². The number of hydrogen-bond donors (Lipinski definition) is 0. The van der Waals surface area contributed by atoms with Crippen molar-refractivity contribution in [1.82, 2.24) is 9.78 Å². The number of hydrogen-bond acceptors (Lipinski definition) is 5. The molecular formula is C16H18N2O4. The topological polar surface area (TPSA) is 70.4 Å². The fourth-order valence-electron chi connectivity index (χ4n) is 2.22. The highest BCUT2D eigenvalue weighted by Crippen LogP contribution is 2.27. The van der Waals surface area contributed by atoms with Gasteiger partial charge in [-0.3, -0.25) is 4.79 Å². The molecule has 0 aliphatic heterocycles. The summed E-state index contributed by atoms with van der Waals surface area (Å²) in [6, 6.07) is 9.61. The molecule has 0 bridgehead atoms. The van der Waals surface area contributed by atoms with Gasteiger partial charge in [0.05, 0.1) is 19.9 Å². The molecule has 1 unspecified atom stereocenters. The van der Waals surface area contributed by atoms with Gasteiger partial charge in [-0.1, -0.05) is 19.1 Å². The Hall–Kier alpha value is -2.63. The van der Waals surface area contributed by atoms with E-state index in [0.29, 0.717) is 17.9 Å². The average Bonchev–Trinajstić information content (AvgIpc) is 2.56. The number of rotatable bonds is 5. The first-order valence-corrected chi connectivity index (χ1v) is 6.93. The second-order valence-corrected chi connectivity index (χ2v) is 4.65. The molecule has 0 N–H and O–H groups in total. The summed E-state index contributed by atoms with van der Waals surface area (Å²) in [5.41, 5.74) is 0.953. The molecule has 0 amide bonds. The lowest BCUT2D eigenvalue weighted by molar-refractivity contribution is -0.145. The van der Waals surface area contributed by atoms with Crippen molar-refractivity contribution >= 4 is 5.97 Å². The fourth-order valence-corrected chi connectivity index (χ4v) is 2.22. The summed E-state index contributed by atoms with van der Waals surface area (Å²) < 4.78 is 11.2. The van der Waals surface area contributed by atoms with Crippen molar-refractivity contribution in [3.8, 4) is 17.0 Å². The molecule has 1 atom stereocenters. The third kappa shape index (κ3) is 3.00. The van der Waals surface area contributed by atoms with E-state index in [9.17, 15) is 9.59 Å². The zero-order valence-corrected chi connectivity index (χ0v) is 12.8. The van der Waals surface area contributed by atoms with Gasteiger partial charge in [0.25, 0.3) is 5.56 Å². The predicted octanol–water partition coefficient (Wildman–Crippen LogP) is 2.04. The van der Waals surface area contributed by atoms with Gasteiger partial charge in [-0.15, -0.1) is 0 Å². The number of aromatic nitrogens is 2. The van der Waals surface area contributed by atoms with Crippen LogP contribution in [0.3, 0.4) is 0 Å². The molecule has 0 aliphatic rings. The quantitative estimate of drug-likeness (QED) is 0.790. The predicted molar refractivity (Wildman–Crippen MR) is 81.8 cm³/mol. The lowest BCUT2D eigenvalue weighted by Gasteiger charge is -2.16. The Morgan fingerprint density at radius 1 is 1.23 bits per heavy atom. The highest BCUT2D eigenvalue weighted by molar-refractivity contribution is 5.74. The second kappa shape index (κ2) is 6.89. The van der Waals surface area contributed by atoms with Gasteiger partial charge < -0.3 is 9.47 Å². The largest absolute Gasteiger partial charge is 0.496 e. The van der Waals surface area contributed by atoms with Crippen LogP contribution >= 0.6 is 0 Å². The maximum absolute atomic E-state index is 12.0. The van der Waals surface area contributed by atoms with Gasteiger partial charge in [-0.2, -0.15) is 5.10 Å². The van der Waals surface area contributed by atoms with Gasteiger partial charge in [-0.05, 0) is 24.6 Å². The first kappa shape index (κ1) is 15.8. The van der Waals surface area contributed by atoms with Crippen molar-refractivity contribution in [2.45, 2.75) is 19.4 Å². The highest BCUT2D eigenvalue weighted by atomic mass is 16.5. The van der Waals surface area contributed by atoms with E-state index < -0.39 is 12.0 Å². The third-order valence-corrected chi connectivity index (χ3v) is 3.36. The molecule has 1 aromatic heterocycles. The maximum atomic E-state index is 12.0. The SMILES string of the molecule is CCC(C(=O)OC)n1nc(-c2ccccc2OC)ccc1=O. The zero-order chi connectivity index (χ0) is 16.1. The number of benzene rings is 1. The zero-order valence-electron chi connectivity index (χ0n) is 12.8. The van der Waals surface area contributed by atoms with Gasteiger partial charge in [0.2, 0.25) is 0 Å². The summed E-state index contributed by atoms with van der Waals surface area (Å²) in [6.07, 6.45) is 0.412. The van der Waals surface area contributed by atoms with Crippen LogP contribution in [0.4, 0.5) is 0 Å². The fraction of sp³-hybridized carbons (Fsp3) is 0.312. The van der Waals surface area contributed by atoms with E-state index in [0.717, 1.165) is 10.2 Å². The van der Waals surface area contributed by atoms with Crippen molar-refractivity contribution in [1.29, 1.82) is 0 Å². The van der Waals surface area contributed by atoms with Gasteiger partial charge >= 0.3 is 5.97 Å². The minimum Gasteiger partial charge on any atom is -0.496 e. The van der Waals surface area contributed by atoms with Crippen molar-refractivity contribution in [3.63, 3.8) is 0 Å². The van der Waals surface area contributed by atoms with Crippen molar-refractivity contribution in [3.05, 3.63) is 46.8 Å². The average molecular weight is 302 g/mol. The molecule has 0 aliphatic carbocycles. The molecule has 0 saturated heterocycles. The van der Waals surface area contributed by atoms with E-state index in [-0.39, 0.29) is 5.56 Å². The van der Waals surface area contributed by atoms with Crippen LogP contribution in [0.15, 0.2) is 41.2 Å². The number of nitrogens with zero attached hydrogens (tertiary/aromatic N) is 2. The summed E-state index contributed by atoms with van der Waals surface area (Å²) in [4.78, 5) is 23.9. The number of ether oxygens (including phenoxy) is 2. The van der Waals surface area contributed by atoms with Crippen LogP contribution in [0.2, 0.25) is 0 Å². The summed E-state index contributed by atoms with van der Waals surface area (Å²) in [5, 5.41) is 4.31. The maximum Gasteiger partial charge on any atom is 0.330 e. The summed E-state index contributed by atoms with van der Waals surface area (Å²) in [6.45, 7) is 1.80. The Balaban J connectivity index is 2.55. The van der Waals surface area contributed by atoms with Crippen LogP contribution in [0.25, 0.3) is 11.3 Å². The normalized spacial score (nSPS) is 11.8. The van der Waals surface area contributed by atoms with Crippen LogP contribution in [-0.2, 0) is 9.53 Å². The monoisotopic (exact) mass is 302 g/mol. The van der Waals surface area contributed by atoms with E-state index in [2.05, 4.69) is 5.10 Å². The number of methoxy groups -OCH3 is 2. The summed E-state index contributed by atoms with van der Waals surface area (Å²) in [7, 11) is 2.86. The number of carbonyl (C=O) groups is 1. The molecule has 0 saturated carbocycles. The van der Waals surface area contributed by atoms with Crippen LogP contribution in [-0.4, -0.2) is 30.0 Å². The molecule has 22 heavy (non-hydrogen) atoms. The lowest BCUT2D eigenvalue weighted by atomic mass is 10.1. The number of para-hydroxylation sites is 1. The Labute approximate surface area is 128 Å². The Morgan fingerprint density at radius 2 is 1.95 bits per heavy atom. The molecular weight excluding hydrogens is 284 g/mol. The second-order valence-electron chi connectivity index (χ2n) is 4.65. The van der Waals surface area contributed by atoms with Crippen molar-refractivity contribution in [2.75, 3.05) is 14.2 Å². The van der Waals surface area contributed by atoms with E-state index >= 15 is 0 Å². The Morgan fingerprint density at radius 3 is 2.59 bits per heavy atom. The molecule has 6 heteroatoms. The number of carbonyl (C=O) groups excluding carboxylic acids is 1. The molecule has 1 heterocycles. The van der Waals surface area contributed by atoms with E-state index in [1.807, 2.05) is 24.3 Å². The van der Waals surface area contributed by atoms with Crippen LogP contribution < -0.4 is 10.3 Å². The third-order valence-electron chi connectivity index (χ3n) is 3.36. The molecule has 6 nitrogen and oxygen atoms in total. The molecule has 1 aromatic carbocycles. The smallest absolute Gasteiger partial charge is 0.330 e. The molecule has 2 aromatic rings. The Kier molecular flexibility index (Phi) is 4.93. The van der Waals surface area contributed by atoms with E-state index in [1.54, 1.807) is 20.1 Å². The van der Waals surface area contributed by atoms with Crippen LogP contribution in [0, 0.1) is 0 Å². The van der Waals surface area contributed by atoms with Gasteiger partial charge in [0.1, 0.15) is 5.75 Å². The standard InChI is InChI=1S/C16H18N2O4/c1-4-13(16(20)22-3)18-15(19)10-9-12(17-18)11-7-5-6-8-14(11)21-2/h5-10,13H,4H2,1-3H3. The minimum absolute atomic E-state index is 0.351. The summed E-state index contributed by atoms with van der Waals surface area (Å²) in [5.74, 6) is 0.153. The van der Waals surface area contributed by atoms with E-state index in [4.69, 9.17) is 9.47 Å². The molecule has 0 fully saturated rings. The first-order valence-electron chi connectivity index (χ1n) is 6.93. The molecule has 2 rings (SSSR count). The lowest BCUT2D eigenvalue weighted by Crippen LogP contribution is -2.32. The van der Waals surface area contributed by atoms with Crippen LogP contribution in [0.1, 0.15) is 19.4 Å². The highest BCUT2D eigenvalue weighted by Gasteiger charge is 2.22. The van der Waals surface area contributed by atoms with Gasteiger partial charge in [0.15, 0.2) is 6.04 Å². The number of esters is 1. The minimum atomic E-state index is -0.743. The summed E-state index contributed by atoms with van der Waals surface area (Å²) >= 11 is 0. The first-order chi connectivity index (χ1) is 10.6. The van der Waals surface area contributed by atoms with Crippen LogP contribution in [0.5, 0.6) is 5.75 Å². The van der Waals surface area contributed by atoms with E-state index in [1.165, 1.54) is 13.2 Å². The molecule has 116 valence electrons. The van der Waals surface area contributed by atoms with Crippen molar-refractivity contribution in [2.24, 2.45) is 0 Å². The molecule has 0 radical (unpaired) electrons. The van der Waals surface area contributed by atoms with Gasteiger partial charge in [-0.25, -0.2) is 9.48 Å². The van der Waals surface area contributed by atoms with Gasteiger partial charge in [0, 0.05) is 11.6 Å².